The van der Waals surface area contributed by atoms with E-state index >= 15 is 0 Å². The van der Waals surface area contributed by atoms with Crippen molar-refractivity contribution in [3.63, 3.8) is 0 Å². The zero-order valence-electron chi connectivity index (χ0n) is 14.8. The van der Waals surface area contributed by atoms with Gasteiger partial charge in [-0.2, -0.15) is 0 Å². The van der Waals surface area contributed by atoms with Crippen molar-refractivity contribution >= 4 is 40.9 Å². The van der Waals surface area contributed by atoms with Crippen molar-refractivity contribution in [1.29, 1.82) is 0 Å². The second-order valence-electron chi connectivity index (χ2n) is 6.28. The van der Waals surface area contributed by atoms with Gasteiger partial charge >= 0.3 is 12.0 Å². The number of esters is 1. The molecule has 2 aromatic carbocycles. The van der Waals surface area contributed by atoms with Crippen molar-refractivity contribution in [2.75, 3.05) is 0 Å². The molecule has 0 radical (unpaired) electrons. The van der Waals surface area contributed by atoms with E-state index in [-0.39, 0.29) is 16.7 Å². The first-order chi connectivity index (χ1) is 12.9. The minimum Gasteiger partial charge on any atom is -0.459 e. The van der Waals surface area contributed by atoms with Gasteiger partial charge in [0, 0.05) is 0 Å². The fourth-order valence-electron chi connectivity index (χ4n) is 2.87. The molecule has 0 aliphatic carbocycles. The first kappa shape index (κ1) is 19.3. The van der Waals surface area contributed by atoms with Gasteiger partial charge in [0.05, 0.1) is 33.5 Å². The summed E-state index contributed by atoms with van der Waals surface area (Å²) in [6.07, 6.45) is -0.324. The average Bonchev–Trinajstić information content (AvgIpc) is 2.63. The monoisotopic (exact) mass is 404 g/mol. The summed E-state index contributed by atoms with van der Waals surface area (Å²) in [6, 6.07) is 12.9. The van der Waals surface area contributed by atoms with Crippen LogP contribution < -0.4 is 10.6 Å². The molecule has 2 N–H and O–H groups in total. The minimum absolute atomic E-state index is 0.263. The maximum absolute atomic E-state index is 12.9. The topological polar surface area (TPSA) is 67.4 Å². The van der Waals surface area contributed by atoms with Crippen molar-refractivity contribution in [1.82, 2.24) is 10.6 Å². The molecule has 1 aliphatic heterocycles. The summed E-state index contributed by atoms with van der Waals surface area (Å²) >= 11 is 12.5. The zero-order chi connectivity index (χ0) is 19.6. The quantitative estimate of drug-likeness (QED) is 0.724. The molecule has 2 aromatic rings. The van der Waals surface area contributed by atoms with Crippen molar-refractivity contribution in [2.45, 2.75) is 26.0 Å². The number of ether oxygens (including phenoxy) is 1. The number of carbonyl (C=O) groups excluding carboxylic acids is 2. The summed E-state index contributed by atoms with van der Waals surface area (Å²) in [7, 11) is 0. The van der Waals surface area contributed by atoms with Crippen molar-refractivity contribution in [3.8, 4) is 0 Å². The molecule has 27 heavy (non-hydrogen) atoms. The molecule has 1 aliphatic rings. The predicted molar refractivity (Wildman–Crippen MR) is 105 cm³/mol. The van der Waals surface area contributed by atoms with Gasteiger partial charge in [0.2, 0.25) is 0 Å². The SMILES string of the molecule is CC(C)OC(=O)C1=C(c2ccccc2)NC(=O)NC1c1cccc(Cl)c1Cl. The Kier molecular flexibility index (Phi) is 5.73. The normalized spacial score (nSPS) is 16.8. The fraction of sp³-hybridized carbons (Fsp3) is 0.200. The Bertz CT molecular complexity index is 911. The van der Waals surface area contributed by atoms with Crippen LogP contribution in [-0.2, 0) is 9.53 Å². The molecule has 0 saturated carbocycles. The lowest BCUT2D eigenvalue weighted by Gasteiger charge is -2.30. The Morgan fingerprint density at radius 3 is 2.44 bits per heavy atom. The smallest absolute Gasteiger partial charge is 0.338 e. The number of nitrogens with one attached hydrogen (secondary N) is 2. The molecule has 1 unspecified atom stereocenters. The third-order valence-electron chi connectivity index (χ3n) is 3.99. The Labute approximate surface area is 167 Å². The first-order valence-corrected chi connectivity index (χ1v) is 9.16. The van der Waals surface area contributed by atoms with E-state index in [2.05, 4.69) is 10.6 Å². The lowest BCUT2D eigenvalue weighted by molar-refractivity contribution is -0.143. The van der Waals surface area contributed by atoms with Gasteiger partial charge in [0.1, 0.15) is 0 Å². The molecule has 1 atom stereocenters. The second-order valence-corrected chi connectivity index (χ2v) is 7.07. The van der Waals surface area contributed by atoms with Crippen molar-refractivity contribution < 1.29 is 14.3 Å². The zero-order valence-corrected chi connectivity index (χ0v) is 16.3. The molecule has 2 amide bonds. The largest absolute Gasteiger partial charge is 0.459 e. The van der Waals surface area contributed by atoms with Gasteiger partial charge in [-0.1, -0.05) is 65.7 Å². The van der Waals surface area contributed by atoms with Crippen LogP contribution in [-0.4, -0.2) is 18.1 Å². The van der Waals surface area contributed by atoms with Crippen LogP contribution in [0.4, 0.5) is 4.79 Å². The minimum atomic E-state index is -0.800. The van der Waals surface area contributed by atoms with Crippen LogP contribution in [0.5, 0.6) is 0 Å². The van der Waals surface area contributed by atoms with Crippen LogP contribution in [0.15, 0.2) is 54.1 Å². The maximum Gasteiger partial charge on any atom is 0.338 e. The average molecular weight is 405 g/mol. The molecule has 140 valence electrons. The highest BCUT2D eigenvalue weighted by molar-refractivity contribution is 6.42. The molecule has 5 nitrogen and oxygen atoms in total. The van der Waals surface area contributed by atoms with E-state index in [1.165, 1.54) is 0 Å². The summed E-state index contributed by atoms with van der Waals surface area (Å²) in [6.45, 7) is 3.52. The molecular weight excluding hydrogens is 387 g/mol. The lowest BCUT2D eigenvalue weighted by Crippen LogP contribution is -2.45. The summed E-state index contributed by atoms with van der Waals surface area (Å²) in [5, 5.41) is 6.08. The van der Waals surface area contributed by atoms with Gasteiger partial charge in [0.15, 0.2) is 0 Å². The van der Waals surface area contributed by atoms with Gasteiger partial charge in [-0.05, 0) is 31.0 Å². The third kappa shape index (κ3) is 4.10. The molecule has 0 saturated heterocycles. The van der Waals surface area contributed by atoms with E-state index in [1.54, 1.807) is 44.2 Å². The number of halogens is 2. The number of hydrogen-bond acceptors (Lipinski definition) is 3. The standard InChI is InChI=1S/C20H18Cl2N2O3/c1-11(2)27-19(25)15-17(12-7-4-3-5-8-12)23-20(26)24-18(15)13-9-6-10-14(21)16(13)22/h3-11,18H,1-2H3,(H2,23,24,26). The van der Waals surface area contributed by atoms with Crippen LogP contribution in [0.25, 0.3) is 5.70 Å². The lowest BCUT2D eigenvalue weighted by atomic mass is 9.92. The Balaban J connectivity index is 2.22. The Hall–Kier alpha value is -2.50. The predicted octanol–water partition coefficient (Wildman–Crippen LogP) is 4.71. The van der Waals surface area contributed by atoms with Crippen molar-refractivity contribution in [2.24, 2.45) is 0 Å². The van der Waals surface area contributed by atoms with E-state index in [0.717, 1.165) is 0 Å². The van der Waals surface area contributed by atoms with Crippen LogP contribution in [0, 0.1) is 0 Å². The molecule has 3 rings (SSSR count). The highest BCUT2D eigenvalue weighted by Crippen LogP contribution is 2.37. The van der Waals surface area contributed by atoms with Crippen molar-refractivity contribution in [3.05, 3.63) is 75.3 Å². The van der Waals surface area contributed by atoms with Crippen LogP contribution in [0.1, 0.15) is 31.0 Å². The highest BCUT2D eigenvalue weighted by atomic mass is 35.5. The fourth-order valence-corrected chi connectivity index (χ4v) is 3.29. The van der Waals surface area contributed by atoms with Crippen LogP contribution >= 0.6 is 23.2 Å². The summed E-state index contributed by atoms with van der Waals surface area (Å²) in [4.78, 5) is 25.3. The van der Waals surface area contributed by atoms with E-state index in [9.17, 15) is 9.59 Å². The maximum atomic E-state index is 12.9. The Morgan fingerprint density at radius 2 is 1.78 bits per heavy atom. The number of benzene rings is 2. The summed E-state index contributed by atoms with van der Waals surface area (Å²) in [5.41, 5.74) is 1.85. The van der Waals surface area contributed by atoms with Crippen LogP contribution in [0.3, 0.4) is 0 Å². The van der Waals surface area contributed by atoms with E-state index in [4.69, 9.17) is 27.9 Å². The van der Waals surface area contributed by atoms with E-state index < -0.39 is 18.0 Å². The summed E-state index contributed by atoms with van der Waals surface area (Å²) in [5.74, 6) is -0.544. The Morgan fingerprint density at radius 1 is 1.07 bits per heavy atom. The summed E-state index contributed by atoms with van der Waals surface area (Å²) < 4.78 is 5.43. The molecule has 0 spiro atoms. The molecular formula is C20H18Cl2N2O3. The van der Waals surface area contributed by atoms with Gasteiger partial charge in [-0.25, -0.2) is 9.59 Å². The van der Waals surface area contributed by atoms with Gasteiger partial charge in [-0.3, -0.25) is 0 Å². The number of urea groups is 1. The van der Waals surface area contributed by atoms with Gasteiger partial charge < -0.3 is 15.4 Å². The van der Waals surface area contributed by atoms with Crippen LogP contribution in [0.2, 0.25) is 10.0 Å². The number of rotatable bonds is 4. The number of amides is 2. The third-order valence-corrected chi connectivity index (χ3v) is 4.82. The molecule has 0 fully saturated rings. The molecule has 7 heteroatoms. The highest BCUT2D eigenvalue weighted by Gasteiger charge is 2.36. The number of hydrogen-bond donors (Lipinski definition) is 2. The molecule has 0 aromatic heterocycles. The van der Waals surface area contributed by atoms with E-state index in [0.29, 0.717) is 21.8 Å². The number of carbonyl (C=O) groups is 2. The molecule has 0 bridgehead atoms. The first-order valence-electron chi connectivity index (χ1n) is 8.40. The van der Waals surface area contributed by atoms with E-state index in [1.807, 2.05) is 18.2 Å². The molecule has 1 heterocycles. The van der Waals surface area contributed by atoms with Gasteiger partial charge in [0.25, 0.3) is 0 Å². The van der Waals surface area contributed by atoms with Gasteiger partial charge in [-0.15, -0.1) is 0 Å². The second kappa shape index (κ2) is 8.03.